The van der Waals surface area contributed by atoms with Gasteiger partial charge in [0, 0.05) is 6.04 Å². The zero-order valence-corrected chi connectivity index (χ0v) is 11.2. The first-order valence-corrected chi connectivity index (χ1v) is 6.10. The Kier molecular flexibility index (Phi) is 5.78. The van der Waals surface area contributed by atoms with E-state index in [2.05, 4.69) is 5.43 Å². The van der Waals surface area contributed by atoms with Crippen LogP contribution >= 0.6 is 0 Å². The molecule has 0 aliphatic rings. The summed E-state index contributed by atoms with van der Waals surface area (Å²) in [5.74, 6) is 5.44. The average Bonchev–Trinajstić information content (AvgIpc) is 2.33. The van der Waals surface area contributed by atoms with Crippen molar-refractivity contribution in [2.45, 2.75) is 25.1 Å². The van der Waals surface area contributed by atoms with Crippen molar-refractivity contribution in [1.82, 2.24) is 10.3 Å². The number of nitrogens with zero attached hydrogens (tertiary/aromatic N) is 1. The van der Waals surface area contributed by atoms with Gasteiger partial charge in [0.2, 0.25) is 0 Å². The Balaban J connectivity index is 2.69. The molecule has 1 aromatic rings. The molecule has 3 N–H and O–H groups in total. The lowest BCUT2D eigenvalue weighted by atomic mass is 10.0. The van der Waals surface area contributed by atoms with Crippen LogP contribution in [0.5, 0.6) is 0 Å². The van der Waals surface area contributed by atoms with Crippen molar-refractivity contribution in [3.63, 3.8) is 0 Å². The predicted molar refractivity (Wildman–Crippen MR) is 69.4 cm³/mol. The van der Waals surface area contributed by atoms with Crippen molar-refractivity contribution < 1.29 is 13.2 Å². The van der Waals surface area contributed by atoms with Crippen LogP contribution in [0.25, 0.3) is 0 Å². The monoisotopic (exact) mass is 275 g/mol. The predicted octanol–water partition coefficient (Wildman–Crippen LogP) is 2.03. The first-order chi connectivity index (χ1) is 8.82. The average molecular weight is 275 g/mol. The van der Waals surface area contributed by atoms with E-state index in [1.165, 1.54) is 12.1 Å². The molecule has 0 radical (unpaired) electrons. The lowest BCUT2D eigenvalue weighted by molar-refractivity contribution is -0.137. The van der Waals surface area contributed by atoms with Crippen molar-refractivity contribution in [1.29, 1.82) is 0 Å². The van der Waals surface area contributed by atoms with Crippen molar-refractivity contribution >= 4 is 0 Å². The van der Waals surface area contributed by atoms with E-state index in [-0.39, 0.29) is 6.04 Å². The normalized spacial score (nSPS) is 13.8. The van der Waals surface area contributed by atoms with Crippen LogP contribution in [0.15, 0.2) is 24.3 Å². The van der Waals surface area contributed by atoms with Gasteiger partial charge in [-0.3, -0.25) is 11.3 Å². The fourth-order valence-electron chi connectivity index (χ4n) is 1.82. The van der Waals surface area contributed by atoms with Crippen LogP contribution in [0.3, 0.4) is 0 Å². The van der Waals surface area contributed by atoms with Gasteiger partial charge in [0.15, 0.2) is 0 Å². The maximum Gasteiger partial charge on any atom is 0.416 e. The zero-order valence-electron chi connectivity index (χ0n) is 11.2. The molecule has 108 valence electrons. The third kappa shape index (κ3) is 5.59. The Morgan fingerprint density at radius 2 is 2.00 bits per heavy atom. The van der Waals surface area contributed by atoms with Gasteiger partial charge in [-0.05, 0) is 45.1 Å². The maximum absolute atomic E-state index is 12.6. The summed E-state index contributed by atoms with van der Waals surface area (Å²) >= 11 is 0. The summed E-state index contributed by atoms with van der Waals surface area (Å²) in [4.78, 5) is 2.01. The molecule has 1 rings (SSSR count). The highest BCUT2D eigenvalue weighted by Crippen LogP contribution is 2.29. The summed E-state index contributed by atoms with van der Waals surface area (Å²) in [6.07, 6.45) is -3.04. The van der Waals surface area contributed by atoms with Gasteiger partial charge in [0.05, 0.1) is 5.56 Å². The lowest BCUT2D eigenvalue weighted by Gasteiger charge is -2.19. The minimum absolute atomic E-state index is 0.0362. The Hall–Kier alpha value is -1.11. The molecule has 0 saturated carbocycles. The highest BCUT2D eigenvalue weighted by atomic mass is 19.4. The molecule has 0 aliphatic heterocycles. The second kappa shape index (κ2) is 6.88. The highest BCUT2D eigenvalue weighted by Gasteiger charge is 2.30. The summed E-state index contributed by atoms with van der Waals surface area (Å²) in [6, 6.07) is 5.34. The summed E-state index contributed by atoms with van der Waals surface area (Å²) in [5, 5.41) is 0. The SMILES string of the molecule is CN(C)CCC(Cc1cccc(C(F)(F)F)c1)NN. The standard InChI is InChI=1S/C13H20F3N3/c1-19(2)7-6-12(18-17)9-10-4-3-5-11(8-10)13(14,15)16/h3-5,8,12,18H,6-7,9,17H2,1-2H3. The number of rotatable bonds is 6. The van der Waals surface area contributed by atoms with E-state index >= 15 is 0 Å². The minimum atomic E-state index is -4.30. The fourth-order valence-corrected chi connectivity index (χ4v) is 1.82. The molecule has 0 spiro atoms. The van der Waals surface area contributed by atoms with E-state index in [0.717, 1.165) is 19.0 Å². The number of nitrogens with one attached hydrogen (secondary N) is 1. The molecule has 1 unspecified atom stereocenters. The van der Waals surface area contributed by atoms with Crippen LogP contribution in [0.4, 0.5) is 13.2 Å². The second-order valence-corrected chi connectivity index (χ2v) is 4.86. The van der Waals surface area contributed by atoms with Crippen molar-refractivity contribution in [3.8, 4) is 0 Å². The Labute approximate surface area is 111 Å². The van der Waals surface area contributed by atoms with E-state index in [9.17, 15) is 13.2 Å². The molecule has 0 fully saturated rings. The topological polar surface area (TPSA) is 41.3 Å². The number of alkyl halides is 3. The zero-order chi connectivity index (χ0) is 14.5. The van der Waals surface area contributed by atoms with Crippen LogP contribution in [-0.4, -0.2) is 31.6 Å². The van der Waals surface area contributed by atoms with Gasteiger partial charge in [-0.2, -0.15) is 13.2 Å². The maximum atomic E-state index is 12.6. The number of benzene rings is 1. The van der Waals surface area contributed by atoms with Crippen LogP contribution in [0.1, 0.15) is 17.5 Å². The van der Waals surface area contributed by atoms with E-state index in [1.807, 2.05) is 19.0 Å². The van der Waals surface area contributed by atoms with E-state index in [4.69, 9.17) is 5.84 Å². The Morgan fingerprint density at radius 3 is 2.53 bits per heavy atom. The smallest absolute Gasteiger partial charge is 0.309 e. The van der Waals surface area contributed by atoms with E-state index in [1.54, 1.807) is 6.07 Å². The van der Waals surface area contributed by atoms with Gasteiger partial charge in [0.25, 0.3) is 0 Å². The summed E-state index contributed by atoms with van der Waals surface area (Å²) < 4.78 is 37.8. The molecule has 1 atom stereocenters. The Bertz CT molecular complexity index is 391. The third-order valence-electron chi connectivity index (χ3n) is 2.90. The van der Waals surface area contributed by atoms with E-state index in [0.29, 0.717) is 12.0 Å². The molecule has 0 saturated heterocycles. The van der Waals surface area contributed by atoms with Gasteiger partial charge >= 0.3 is 6.18 Å². The molecule has 0 aromatic heterocycles. The highest BCUT2D eigenvalue weighted by molar-refractivity contribution is 5.26. The second-order valence-electron chi connectivity index (χ2n) is 4.86. The van der Waals surface area contributed by atoms with Crippen LogP contribution in [-0.2, 0) is 12.6 Å². The van der Waals surface area contributed by atoms with Gasteiger partial charge in [0.1, 0.15) is 0 Å². The molecular weight excluding hydrogens is 255 g/mol. The molecule has 0 heterocycles. The fraction of sp³-hybridized carbons (Fsp3) is 0.538. The van der Waals surface area contributed by atoms with Gasteiger partial charge < -0.3 is 4.90 Å². The molecule has 0 amide bonds. The molecule has 3 nitrogen and oxygen atoms in total. The first kappa shape index (κ1) is 15.9. The van der Waals surface area contributed by atoms with Gasteiger partial charge in [-0.25, -0.2) is 0 Å². The van der Waals surface area contributed by atoms with Crippen molar-refractivity contribution in [2.75, 3.05) is 20.6 Å². The molecule has 1 aromatic carbocycles. The van der Waals surface area contributed by atoms with Crippen molar-refractivity contribution in [3.05, 3.63) is 35.4 Å². The number of hydrazine groups is 1. The van der Waals surface area contributed by atoms with E-state index < -0.39 is 11.7 Å². The first-order valence-electron chi connectivity index (χ1n) is 6.10. The molecule has 0 bridgehead atoms. The van der Waals surface area contributed by atoms with Crippen molar-refractivity contribution in [2.24, 2.45) is 5.84 Å². The van der Waals surface area contributed by atoms with Crippen LogP contribution < -0.4 is 11.3 Å². The van der Waals surface area contributed by atoms with Crippen LogP contribution in [0.2, 0.25) is 0 Å². The lowest BCUT2D eigenvalue weighted by Crippen LogP contribution is -2.38. The molecular formula is C13H20F3N3. The largest absolute Gasteiger partial charge is 0.416 e. The Morgan fingerprint density at radius 1 is 1.32 bits per heavy atom. The number of hydrogen-bond acceptors (Lipinski definition) is 3. The number of nitrogens with two attached hydrogens (primary N) is 1. The molecule has 6 heteroatoms. The quantitative estimate of drug-likeness (QED) is 0.616. The number of hydrogen-bond donors (Lipinski definition) is 2. The summed E-state index contributed by atoms with van der Waals surface area (Å²) in [5.41, 5.74) is 2.67. The van der Waals surface area contributed by atoms with Crippen LogP contribution in [0, 0.1) is 0 Å². The van der Waals surface area contributed by atoms with Gasteiger partial charge in [-0.15, -0.1) is 0 Å². The minimum Gasteiger partial charge on any atom is -0.309 e. The van der Waals surface area contributed by atoms with Gasteiger partial charge in [-0.1, -0.05) is 18.2 Å². The molecule has 19 heavy (non-hydrogen) atoms. The number of halogens is 3. The summed E-state index contributed by atoms with van der Waals surface area (Å²) in [7, 11) is 3.88. The third-order valence-corrected chi connectivity index (χ3v) is 2.90. The summed E-state index contributed by atoms with van der Waals surface area (Å²) in [6.45, 7) is 0.827. The molecule has 0 aliphatic carbocycles.